The molecule has 2 N–H and O–H groups in total. The molecule has 4 aromatic rings. The molecule has 5 rings (SSSR count). The van der Waals surface area contributed by atoms with E-state index in [4.69, 9.17) is 4.74 Å². The van der Waals surface area contributed by atoms with Crippen molar-refractivity contribution >= 4 is 28.4 Å². The topological polar surface area (TPSA) is 111 Å². The number of carbonyl (C=O) groups is 1. The number of anilines is 1. The highest BCUT2D eigenvalue weighted by Gasteiger charge is 2.41. The van der Waals surface area contributed by atoms with Crippen LogP contribution in [-0.4, -0.2) is 60.6 Å². The van der Waals surface area contributed by atoms with Crippen LogP contribution in [0.5, 0.6) is 5.88 Å². The van der Waals surface area contributed by atoms with Crippen LogP contribution >= 0.6 is 0 Å². The van der Waals surface area contributed by atoms with Crippen molar-refractivity contribution in [1.82, 2.24) is 34.9 Å². The third-order valence-corrected chi connectivity index (χ3v) is 6.07. The second-order valence-corrected chi connectivity index (χ2v) is 8.95. The van der Waals surface area contributed by atoms with Gasteiger partial charge in [-0.2, -0.15) is 4.98 Å². The molecule has 13 heteroatoms. The second-order valence-electron chi connectivity index (χ2n) is 8.95. The van der Waals surface area contributed by atoms with Crippen molar-refractivity contribution < 1.29 is 22.7 Å². The second kappa shape index (κ2) is 8.40. The molecule has 3 aromatic heterocycles. The van der Waals surface area contributed by atoms with Crippen LogP contribution in [0.1, 0.15) is 26.7 Å². The van der Waals surface area contributed by atoms with E-state index in [-0.39, 0.29) is 34.4 Å². The summed E-state index contributed by atoms with van der Waals surface area (Å²) in [5, 5.41) is 18.0. The zero-order chi connectivity index (χ0) is 24.9. The Hall–Kier alpha value is -3.90. The maximum atomic E-state index is 14.8. The molecule has 184 valence electrons. The van der Waals surface area contributed by atoms with Crippen LogP contribution in [-0.2, 0) is 11.3 Å². The normalized spacial score (nSPS) is 19.8. The van der Waals surface area contributed by atoms with Crippen LogP contribution in [0, 0.1) is 5.82 Å². The van der Waals surface area contributed by atoms with Crippen molar-refractivity contribution in [2.45, 2.75) is 51.2 Å². The molecule has 10 nitrogen and oxygen atoms in total. The molecule has 1 aliphatic carbocycles. The monoisotopic (exact) mass is 488 g/mol. The van der Waals surface area contributed by atoms with E-state index >= 15 is 0 Å². The Morgan fingerprint density at radius 2 is 2.11 bits per heavy atom. The van der Waals surface area contributed by atoms with Gasteiger partial charge in [0, 0.05) is 30.3 Å². The summed E-state index contributed by atoms with van der Waals surface area (Å²) in [6.07, 6.45) is 0.451. The number of fused-ring (bicyclic) bond motifs is 2. The predicted molar refractivity (Wildman–Crippen MR) is 121 cm³/mol. The summed E-state index contributed by atoms with van der Waals surface area (Å²) >= 11 is 0. The van der Waals surface area contributed by atoms with Crippen molar-refractivity contribution in [2.24, 2.45) is 0 Å². The number of alkyl halides is 2. The number of ether oxygens (including phenoxy) is 1. The summed E-state index contributed by atoms with van der Waals surface area (Å²) in [7, 11) is 1.46. The zero-order valence-electron chi connectivity index (χ0n) is 19.2. The number of hydrogen-bond donors (Lipinski definition) is 2. The number of hydrogen-bond acceptors (Lipinski definition) is 7. The number of halogens is 3. The Bertz CT molecular complexity index is 1430. The van der Waals surface area contributed by atoms with Gasteiger partial charge < -0.3 is 15.4 Å². The van der Waals surface area contributed by atoms with Crippen molar-refractivity contribution in [3.05, 3.63) is 30.2 Å². The third-order valence-electron chi connectivity index (χ3n) is 6.07. The molecule has 0 bridgehead atoms. The fourth-order valence-corrected chi connectivity index (χ4v) is 4.72. The van der Waals surface area contributed by atoms with Crippen LogP contribution in [0.3, 0.4) is 0 Å². The van der Waals surface area contributed by atoms with Crippen molar-refractivity contribution in [1.29, 1.82) is 0 Å². The molecular formula is C22H23F3N8O2. The Balaban J connectivity index is 1.48. The molecule has 1 saturated carbocycles. The van der Waals surface area contributed by atoms with Gasteiger partial charge in [0.25, 0.3) is 6.43 Å². The highest BCUT2D eigenvalue weighted by Crippen LogP contribution is 2.36. The van der Waals surface area contributed by atoms with Gasteiger partial charge >= 0.3 is 0 Å². The highest BCUT2D eigenvalue weighted by atomic mass is 19.3. The minimum Gasteiger partial charge on any atom is -0.479 e. The van der Waals surface area contributed by atoms with Gasteiger partial charge in [-0.3, -0.25) is 4.79 Å². The molecule has 1 aliphatic rings. The minimum absolute atomic E-state index is 0.0724. The van der Waals surface area contributed by atoms with E-state index in [1.807, 2.05) is 6.92 Å². The maximum absolute atomic E-state index is 14.8. The molecule has 0 aliphatic heterocycles. The van der Waals surface area contributed by atoms with E-state index in [9.17, 15) is 18.0 Å². The van der Waals surface area contributed by atoms with Gasteiger partial charge in [-0.05, 0) is 43.5 Å². The molecule has 1 fully saturated rings. The van der Waals surface area contributed by atoms with Crippen molar-refractivity contribution in [2.75, 3.05) is 12.4 Å². The molecule has 0 radical (unpaired) electrons. The molecule has 1 aromatic carbocycles. The van der Waals surface area contributed by atoms with E-state index in [1.165, 1.54) is 20.1 Å². The first kappa shape index (κ1) is 22.9. The van der Waals surface area contributed by atoms with E-state index in [0.29, 0.717) is 35.4 Å². The van der Waals surface area contributed by atoms with E-state index in [0.717, 1.165) is 4.68 Å². The summed E-state index contributed by atoms with van der Waals surface area (Å²) in [4.78, 5) is 15.8. The first-order valence-electron chi connectivity index (χ1n) is 11.0. The number of nitrogens with one attached hydrogen (secondary N) is 2. The van der Waals surface area contributed by atoms with Crippen LogP contribution in [0.15, 0.2) is 24.4 Å². The fourth-order valence-electron chi connectivity index (χ4n) is 4.72. The lowest BCUT2D eigenvalue weighted by atomic mass is 9.74. The smallest absolute Gasteiger partial charge is 0.258 e. The minimum atomic E-state index is -2.66. The molecule has 3 heterocycles. The largest absolute Gasteiger partial charge is 0.479 e. The quantitative estimate of drug-likeness (QED) is 0.411. The van der Waals surface area contributed by atoms with Gasteiger partial charge in [0.15, 0.2) is 5.82 Å². The van der Waals surface area contributed by atoms with Gasteiger partial charge in [-0.25, -0.2) is 22.4 Å². The maximum Gasteiger partial charge on any atom is 0.258 e. The summed E-state index contributed by atoms with van der Waals surface area (Å²) in [6.45, 7) is 2.78. The molecule has 0 spiro atoms. The van der Waals surface area contributed by atoms with Gasteiger partial charge in [-0.1, -0.05) is 5.21 Å². The Kier molecular flexibility index (Phi) is 5.49. The Labute approximate surface area is 197 Å². The van der Waals surface area contributed by atoms with Crippen LogP contribution in [0.2, 0.25) is 0 Å². The molecule has 0 saturated heterocycles. The first-order valence-corrected chi connectivity index (χ1v) is 11.0. The standard InChI is InChI=1S/C22H23F3N8O2/c1-11(34)28-22(2)8-13(9-22)26-21-27-20(35-3)19-14(4-5-32(19)30-21)12-6-15(23)18-16(7-12)33(31-29-18)10-17(24)25/h4-7,13,17H,8-10H2,1-3H3,(H,26,30)(H,28,34). The average molecular weight is 488 g/mol. The average Bonchev–Trinajstić information content (AvgIpc) is 3.36. The lowest BCUT2D eigenvalue weighted by Crippen LogP contribution is -2.59. The summed E-state index contributed by atoms with van der Waals surface area (Å²) in [6, 6.07) is 4.61. The lowest BCUT2D eigenvalue weighted by Gasteiger charge is -2.45. The zero-order valence-corrected chi connectivity index (χ0v) is 19.2. The number of methoxy groups -OCH3 is 1. The summed E-state index contributed by atoms with van der Waals surface area (Å²) in [5.74, 6) is -0.158. The lowest BCUT2D eigenvalue weighted by molar-refractivity contribution is -0.121. The van der Waals surface area contributed by atoms with Crippen LogP contribution < -0.4 is 15.4 Å². The number of nitrogens with zero attached hydrogens (tertiary/aromatic N) is 6. The molecule has 0 unspecified atom stereocenters. The Morgan fingerprint density at radius 1 is 1.34 bits per heavy atom. The van der Waals surface area contributed by atoms with E-state index in [1.54, 1.807) is 22.8 Å². The predicted octanol–water partition coefficient (Wildman–Crippen LogP) is 3.02. The molecule has 35 heavy (non-hydrogen) atoms. The van der Waals surface area contributed by atoms with Crippen LogP contribution in [0.25, 0.3) is 27.7 Å². The van der Waals surface area contributed by atoms with E-state index in [2.05, 4.69) is 31.0 Å². The van der Waals surface area contributed by atoms with Crippen molar-refractivity contribution in [3.8, 4) is 17.0 Å². The Morgan fingerprint density at radius 3 is 2.80 bits per heavy atom. The molecular weight excluding hydrogens is 465 g/mol. The molecule has 1 amide bonds. The number of rotatable bonds is 7. The molecule has 0 atom stereocenters. The summed E-state index contributed by atoms with van der Waals surface area (Å²) < 4.78 is 48.6. The summed E-state index contributed by atoms with van der Waals surface area (Å²) in [5.41, 5.74) is 1.27. The first-order chi connectivity index (χ1) is 16.7. The van der Waals surface area contributed by atoms with E-state index < -0.39 is 18.8 Å². The van der Waals surface area contributed by atoms with Gasteiger partial charge in [0.05, 0.1) is 12.6 Å². The number of aromatic nitrogens is 6. The number of benzene rings is 1. The fraction of sp³-hybridized carbons (Fsp3) is 0.409. The van der Waals surface area contributed by atoms with Crippen molar-refractivity contribution in [3.63, 3.8) is 0 Å². The van der Waals surface area contributed by atoms with Gasteiger partial charge in [-0.15, -0.1) is 10.2 Å². The number of amides is 1. The number of carbonyl (C=O) groups excluding carboxylic acids is 1. The van der Waals surface area contributed by atoms with Gasteiger partial charge in [0.2, 0.25) is 17.7 Å². The third kappa shape index (κ3) is 4.21. The SMILES string of the molecule is COc1nc(NC2CC(C)(NC(C)=O)C2)nn2ccc(-c3cc(F)c4nnn(CC(F)F)c4c3)c12. The highest BCUT2D eigenvalue weighted by molar-refractivity contribution is 5.89. The van der Waals surface area contributed by atoms with Gasteiger partial charge in [0.1, 0.15) is 17.6 Å². The van der Waals surface area contributed by atoms with Crippen LogP contribution in [0.4, 0.5) is 19.1 Å².